The zero-order chi connectivity index (χ0) is 18.4. The van der Waals surface area contributed by atoms with E-state index in [4.69, 9.17) is 28.3 Å². The molecule has 0 saturated heterocycles. The molecule has 0 radical (unpaired) electrons. The van der Waals surface area contributed by atoms with Crippen LogP contribution in [0.3, 0.4) is 0 Å². The summed E-state index contributed by atoms with van der Waals surface area (Å²) in [5, 5.41) is 28.5. The van der Waals surface area contributed by atoms with Gasteiger partial charge in [0.05, 0.1) is 14.9 Å². The Balaban J connectivity index is 0.00000243. The molecule has 142 valence electrons. The van der Waals surface area contributed by atoms with E-state index in [0.717, 1.165) is 5.56 Å². The number of hydrogen-bond acceptors (Lipinski definition) is 5. The smallest absolute Gasteiger partial charge is 0.238 e. The molecule has 0 saturated carbocycles. The van der Waals surface area contributed by atoms with E-state index < -0.39 is 21.5 Å². The van der Waals surface area contributed by atoms with Gasteiger partial charge in [0.15, 0.2) is 11.5 Å². The summed E-state index contributed by atoms with van der Waals surface area (Å²) < 4.78 is 22.8. The van der Waals surface area contributed by atoms with E-state index in [-0.39, 0.29) is 37.8 Å². The van der Waals surface area contributed by atoms with Crippen molar-refractivity contribution < 1.29 is 18.6 Å². The first kappa shape index (κ1) is 21.3. The van der Waals surface area contributed by atoms with E-state index in [0.29, 0.717) is 30.6 Å². The lowest BCUT2D eigenvalue weighted by molar-refractivity contribution is 0.403. The number of phenols is 2. The molecule has 0 bridgehead atoms. The second-order valence-corrected chi connectivity index (χ2v) is 8.16. The summed E-state index contributed by atoms with van der Waals surface area (Å²) in [6.07, 6.45) is 0.535. The highest BCUT2D eigenvalue weighted by Gasteiger charge is 2.29. The number of nitrogens with two attached hydrogens (primary N) is 1. The molecule has 1 atom stereocenters. The predicted molar refractivity (Wildman–Crippen MR) is 106 cm³/mol. The maximum Gasteiger partial charge on any atom is 0.238 e. The molecule has 1 aliphatic rings. The fourth-order valence-electron chi connectivity index (χ4n) is 3.07. The molecule has 0 aliphatic carbocycles. The number of aromatic hydroxyl groups is 2. The van der Waals surface area contributed by atoms with Gasteiger partial charge in [-0.3, -0.25) is 0 Å². The molecule has 0 fully saturated rings. The van der Waals surface area contributed by atoms with Crippen LogP contribution in [0.25, 0.3) is 0 Å². The van der Waals surface area contributed by atoms with Gasteiger partial charge in [-0.2, -0.15) is 0 Å². The maximum atomic E-state index is 11.4. The molecule has 10 heteroatoms. The maximum absolute atomic E-state index is 11.4. The summed E-state index contributed by atoms with van der Waals surface area (Å²) in [7, 11) is -3.78. The number of benzene rings is 2. The van der Waals surface area contributed by atoms with Crippen LogP contribution in [0.15, 0.2) is 29.2 Å². The Morgan fingerprint density at radius 2 is 1.65 bits per heavy atom. The van der Waals surface area contributed by atoms with Crippen molar-refractivity contribution in [3.8, 4) is 11.5 Å². The molecule has 1 aliphatic heterocycles. The summed E-state index contributed by atoms with van der Waals surface area (Å²) in [5.74, 6) is -1.17. The van der Waals surface area contributed by atoms with Gasteiger partial charge < -0.3 is 15.5 Å². The van der Waals surface area contributed by atoms with E-state index >= 15 is 0 Å². The van der Waals surface area contributed by atoms with Gasteiger partial charge in [0.1, 0.15) is 0 Å². The number of primary sulfonamides is 1. The van der Waals surface area contributed by atoms with Gasteiger partial charge in [-0.1, -0.05) is 35.3 Å². The van der Waals surface area contributed by atoms with Crippen molar-refractivity contribution in [2.45, 2.75) is 17.2 Å². The van der Waals surface area contributed by atoms with E-state index in [9.17, 15) is 18.6 Å². The fraction of sp³-hybridized carbons (Fsp3) is 0.250. The average molecular weight is 484 g/mol. The minimum absolute atomic E-state index is 0. The predicted octanol–water partition coefficient (Wildman–Crippen LogP) is 2.91. The van der Waals surface area contributed by atoms with Gasteiger partial charge >= 0.3 is 0 Å². The van der Waals surface area contributed by atoms with E-state index in [1.807, 2.05) is 0 Å². The van der Waals surface area contributed by atoms with Gasteiger partial charge in [-0.15, -0.1) is 17.0 Å². The van der Waals surface area contributed by atoms with Crippen molar-refractivity contribution in [2.24, 2.45) is 5.14 Å². The molecular formula is C16H17BrCl2N2O4S. The lowest BCUT2D eigenvalue weighted by Crippen LogP contribution is -2.21. The molecule has 1 heterocycles. The Bertz CT molecular complexity index is 937. The number of hydrogen-bond donors (Lipinski definition) is 4. The van der Waals surface area contributed by atoms with E-state index in [2.05, 4.69) is 5.32 Å². The minimum atomic E-state index is -3.78. The average Bonchev–Trinajstić information content (AvgIpc) is 2.80. The van der Waals surface area contributed by atoms with Crippen molar-refractivity contribution in [3.05, 3.63) is 51.0 Å². The second kappa shape index (κ2) is 7.92. The molecule has 0 spiro atoms. The van der Waals surface area contributed by atoms with Crippen LogP contribution in [-0.2, 0) is 16.4 Å². The number of phenolic OH excluding ortho intramolecular Hbond substituents is 2. The van der Waals surface area contributed by atoms with Crippen molar-refractivity contribution in [1.82, 2.24) is 5.32 Å². The number of fused-ring (bicyclic) bond motifs is 1. The molecule has 2 aromatic rings. The Morgan fingerprint density at radius 1 is 1.08 bits per heavy atom. The van der Waals surface area contributed by atoms with Crippen LogP contribution in [-0.4, -0.2) is 31.7 Å². The topological polar surface area (TPSA) is 113 Å². The zero-order valence-electron chi connectivity index (χ0n) is 13.4. The van der Waals surface area contributed by atoms with Crippen molar-refractivity contribution in [2.75, 3.05) is 13.1 Å². The summed E-state index contributed by atoms with van der Waals surface area (Å²) in [6, 6.07) is 6.14. The van der Waals surface area contributed by atoms with Crippen LogP contribution >= 0.6 is 40.2 Å². The Labute approximate surface area is 171 Å². The van der Waals surface area contributed by atoms with Crippen molar-refractivity contribution in [3.63, 3.8) is 0 Å². The zero-order valence-corrected chi connectivity index (χ0v) is 17.4. The normalized spacial score (nSPS) is 17.1. The Kier molecular flexibility index (Phi) is 6.48. The van der Waals surface area contributed by atoms with Crippen LogP contribution in [0.1, 0.15) is 22.6 Å². The molecule has 0 aromatic heterocycles. The lowest BCUT2D eigenvalue weighted by Gasteiger charge is -2.22. The summed E-state index contributed by atoms with van der Waals surface area (Å²) in [6.45, 7) is 1.14. The Hall–Kier alpha value is -1.03. The Morgan fingerprint density at radius 3 is 2.23 bits per heavy atom. The third kappa shape index (κ3) is 3.81. The van der Waals surface area contributed by atoms with Crippen molar-refractivity contribution >= 4 is 50.2 Å². The molecule has 6 nitrogen and oxygen atoms in total. The van der Waals surface area contributed by atoms with Crippen LogP contribution < -0.4 is 10.5 Å². The van der Waals surface area contributed by atoms with Gasteiger partial charge in [0.2, 0.25) is 10.0 Å². The minimum Gasteiger partial charge on any atom is -0.503 e. The lowest BCUT2D eigenvalue weighted by atomic mass is 9.87. The van der Waals surface area contributed by atoms with Crippen LogP contribution in [0.2, 0.25) is 10.0 Å². The number of sulfonamides is 1. The highest BCUT2D eigenvalue weighted by molar-refractivity contribution is 8.93. The third-order valence-corrected chi connectivity index (χ3v) is 6.05. The molecule has 5 N–H and O–H groups in total. The van der Waals surface area contributed by atoms with Gasteiger partial charge in [-0.25, -0.2) is 13.6 Å². The molecule has 1 unspecified atom stereocenters. The van der Waals surface area contributed by atoms with Gasteiger partial charge in [0.25, 0.3) is 0 Å². The van der Waals surface area contributed by atoms with Crippen LogP contribution in [0, 0.1) is 0 Å². The number of nitrogens with one attached hydrogen (secondary N) is 1. The second-order valence-electron chi connectivity index (χ2n) is 5.84. The SMILES string of the molecule is Br.NS(=O)(=O)c1ccc(C2CNCCc3c(Cl)c(O)c(O)c(Cl)c32)cc1. The van der Waals surface area contributed by atoms with Gasteiger partial charge in [0, 0.05) is 12.5 Å². The highest BCUT2D eigenvalue weighted by Crippen LogP contribution is 2.48. The van der Waals surface area contributed by atoms with E-state index in [1.165, 1.54) is 12.1 Å². The number of halogens is 3. The molecule has 2 aromatic carbocycles. The van der Waals surface area contributed by atoms with E-state index in [1.54, 1.807) is 12.1 Å². The molecule has 26 heavy (non-hydrogen) atoms. The van der Waals surface area contributed by atoms with Crippen LogP contribution in [0.5, 0.6) is 11.5 Å². The summed E-state index contributed by atoms with van der Waals surface area (Å²) >= 11 is 12.5. The van der Waals surface area contributed by atoms with Gasteiger partial charge in [-0.05, 0) is 41.8 Å². The first-order chi connectivity index (χ1) is 11.7. The molecular weight excluding hydrogens is 467 g/mol. The quantitative estimate of drug-likeness (QED) is 0.490. The summed E-state index contributed by atoms with van der Waals surface area (Å²) in [4.78, 5) is 0.00994. The highest BCUT2D eigenvalue weighted by atomic mass is 79.9. The van der Waals surface area contributed by atoms with Crippen LogP contribution in [0.4, 0.5) is 0 Å². The standard InChI is InChI=1S/C16H16Cl2N2O4S.BrH/c17-13-10-5-6-20-7-11(12(10)14(18)16(22)15(13)21)8-1-3-9(4-2-8)25(19,23)24;/h1-4,11,20-22H,5-7H2,(H2,19,23,24);1H. The summed E-state index contributed by atoms with van der Waals surface area (Å²) in [5.41, 5.74) is 2.06. The fourth-order valence-corrected chi connectivity index (χ4v) is 4.21. The first-order valence-corrected chi connectivity index (χ1v) is 9.77. The first-order valence-electron chi connectivity index (χ1n) is 7.47. The number of rotatable bonds is 2. The third-order valence-electron chi connectivity index (χ3n) is 4.33. The monoisotopic (exact) mass is 482 g/mol. The molecule has 3 rings (SSSR count). The largest absolute Gasteiger partial charge is 0.503 e. The molecule has 0 amide bonds. The van der Waals surface area contributed by atoms with Crippen molar-refractivity contribution in [1.29, 1.82) is 0 Å².